The summed E-state index contributed by atoms with van der Waals surface area (Å²) in [6.45, 7) is 5.36. The van der Waals surface area contributed by atoms with Crippen LogP contribution in [0, 0.1) is 6.92 Å². The van der Waals surface area contributed by atoms with Gasteiger partial charge < -0.3 is 10.8 Å². The van der Waals surface area contributed by atoms with Crippen LogP contribution in [0.15, 0.2) is 18.2 Å². The average Bonchev–Trinajstić information content (AvgIpc) is 1.99. The molecule has 15 heavy (non-hydrogen) atoms. The third-order valence-corrected chi connectivity index (χ3v) is 2.15. The molecular formula is C12H17NO2. The van der Waals surface area contributed by atoms with E-state index in [1.54, 1.807) is 19.9 Å². The van der Waals surface area contributed by atoms with Crippen molar-refractivity contribution in [2.45, 2.75) is 32.8 Å². The second kappa shape index (κ2) is 4.03. The van der Waals surface area contributed by atoms with Gasteiger partial charge in [0.25, 0.3) is 0 Å². The summed E-state index contributed by atoms with van der Waals surface area (Å²) in [5.74, 6) is -0.450. The number of primary amides is 1. The number of amides is 1. The van der Waals surface area contributed by atoms with Gasteiger partial charge in [-0.2, -0.15) is 0 Å². The average molecular weight is 207 g/mol. The van der Waals surface area contributed by atoms with Crippen molar-refractivity contribution in [3.8, 4) is 0 Å². The van der Waals surface area contributed by atoms with Crippen molar-refractivity contribution in [2.24, 2.45) is 5.73 Å². The lowest BCUT2D eigenvalue weighted by Gasteiger charge is -2.18. The summed E-state index contributed by atoms with van der Waals surface area (Å²) in [6.07, 6.45) is 0.424. The topological polar surface area (TPSA) is 63.3 Å². The fourth-order valence-corrected chi connectivity index (χ4v) is 1.58. The lowest BCUT2D eigenvalue weighted by atomic mass is 9.93. The molecule has 82 valence electrons. The molecule has 0 unspecified atom stereocenters. The minimum Gasteiger partial charge on any atom is -0.390 e. The van der Waals surface area contributed by atoms with E-state index < -0.39 is 11.5 Å². The molecule has 1 aromatic carbocycles. The number of aliphatic hydroxyl groups is 1. The Morgan fingerprint density at radius 3 is 2.53 bits per heavy atom. The molecule has 0 spiro atoms. The first-order valence-electron chi connectivity index (χ1n) is 4.91. The van der Waals surface area contributed by atoms with Gasteiger partial charge in [-0.05, 0) is 32.4 Å². The molecule has 3 N–H and O–H groups in total. The summed E-state index contributed by atoms with van der Waals surface area (Å²) in [7, 11) is 0. The van der Waals surface area contributed by atoms with Crippen molar-refractivity contribution < 1.29 is 9.90 Å². The van der Waals surface area contributed by atoms with Gasteiger partial charge in [0.1, 0.15) is 0 Å². The fraction of sp³-hybridized carbons (Fsp3) is 0.417. The first-order valence-corrected chi connectivity index (χ1v) is 4.91. The highest BCUT2D eigenvalue weighted by molar-refractivity contribution is 5.94. The van der Waals surface area contributed by atoms with Crippen LogP contribution in [0.2, 0.25) is 0 Å². The highest BCUT2D eigenvalue weighted by Gasteiger charge is 2.17. The van der Waals surface area contributed by atoms with Crippen molar-refractivity contribution in [3.63, 3.8) is 0 Å². The van der Waals surface area contributed by atoms with Crippen molar-refractivity contribution >= 4 is 5.91 Å². The Bertz CT molecular complexity index is 378. The molecule has 0 bridgehead atoms. The van der Waals surface area contributed by atoms with Crippen LogP contribution >= 0.6 is 0 Å². The molecule has 0 saturated heterocycles. The molecule has 0 atom stereocenters. The third-order valence-electron chi connectivity index (χ3n) is 2.15. The molecule has 3 nitrogen and oxygen atoms in total. The number of rotatable bonds is 3. The van der Waals surface area contributed by atoms with Gasteiger partial charge in [0.2, 0.25) is 5.91 Å². The van der Waals surface area contributed by atoms with Crippen molar-refractivity contribution in [3.05, 3.63) is 34.9 Å². The number of hydrogen-bond acceptors (Lipinski definition) is 2. The maximum atomic E-state index is 11.2. The lowest BCUT2D eigenvalue weighted by molar-refractivity contribution is 0.0805. The Labute approximate surface area is 89.9 Å². The molecule has 0 aliphatic heterocycles. The second-order valence-electron chi connectivity index (χ2n) is 4.51. The molecule has 1 amide bonds. The lowest BCUT2D eigenvalue weighted by Crippen LogP contribution is -2.24. The summed E-state index contributed by atoms with van der Waals surface area (Å²) in [5, 5.41) is 9.72. The quantitative estimate of drug-likeness (QED) is 0.787. The molecule has 0 heterocycles. The van der Waals surface area contributed by atoms with E-state index in [-0.39, 0.29) is 0 Å². The van der Waals surface area contributed by atoms with Gasteiger partial charge in [0, 0.05) is 12.0 Å². The Kier molecular flexibility index (Phi) is 3.15. The molecule has 0 aliphatic carbocycles. The number of carbonyl (C=O) groups is 1. The molecule has 3 heteroatoms. The second-order valence-corrected chi connectivity index (χ2v) is 4.51. The predicted molar refractivity (Wildman–Crippen MR) is 59.7 cm³/mol. The SMILES string of the molecule is Cc1ccc(C(N)=O)c(CC(C)(C)O)c1. The van der Waals surface area contributed by atoms with Gasteiger partial charge in [-0.25, -0.2) is 0 Å². The molecule has 0 saturated carbocycles. The van der Waals surface area contributed by atoms with E-state index in [1.807, 2.05) is 19.1 Å². The number of hydrogen-bond donors (Lipinski definition) is 2. The molecule has 0 fully saturated rings. The van der Waals surface area contributed by atoms with Crippen LogP contribution in [0.3, 0.4) is 0 Å². The minimum atomic E-state index is -0.835. The summed E-state index contributed by atoms with van der Waals surface area (Å²) in [5.41, 5.74) is 6.77. The highest BCUT2D eigenvalue weighted by atomic mass is 16.3. The molecule has 0 aliphatic rings. The van der Waals surface area contributed by atoms with Crippen LogP contribution in [0.25, 0.3) is 0 Å². The van der Waals surface area contributed by atoms with Gasteiger partial charge in [-0.1, -0.05) is 17.7 Å². The van der Waals surface area contributed by atoms with E-state index in [9.17, 15) is 9.90 Å². The van der Waals surface area contributed by atoms with E-state index >= 15 is 0 Å². The van der Waals surface area contributed by atoms with E-state index in [0.29, 0.717) is 12.0 Å². The summed E-state index contributed by atoms with van der Waals surface area (Å²) >= 11 is 0. The molecule has 1 rings (SSSR count). The van der Waals surface area contributed by atoms with Crippen LogP contribution in [0.4, 0.5) is 0 Å². The Morgan fingerprint density at radius 1 is 1.47 bits per heavy atom. The van der Waals surface area contributed by atoms with Gasteiger partial charge >= 0.3 is 0 Å². The van der Waals surface area contributed by atoms with Gasteiger partial charge in [0.15, 0.2) is 0 Å². The van der Waals surface area contributed by atoms with E-state index in [2.05, 4.69) is 0 Å². The third kappa shape index (κ3) is 3.36. The zero-order valence-electron chi connectivity index (χ0n) is 9.37. The highest BCUT2D eigenvalue weighted by Crippen LogP contribution is 2.18. The van der Waals surface area contributed by atoms with Crippen molar-refractivity contribution in [2.75, 3.05) is 0 Å². The van der Waals surface area contributed by atoms with E-state index in [4.69, 9.17) is 5.73 Å². The summed E-state index contributed by atoms with van der Waals surface area (Å²) < 4.78 is 0. The number of carbonyl (C=O) groups excluding carboxylic acids is 1. The standard InChI is InChI=1S/C12H17NO2/c1-8-4-5-10(11(13)14)9(6-8)7-12(2,3)15/h4-6,15H,7H2,1-3H3,(H2,13,14). The van der Waals surface area contributed by atoms with Gasteiger partial charge in [0.05, 0.1) is 5.60 Å². The largest absolute Gasteiger partial charge is 0.390 e. The fourth-order valence-electron chi connectivity index (χ4n) is 1.58. The number of benzene rings is 1. The number of nitrogens with two attached hydrogens (primary N) is 1. The van der Waals surface area contributed by atoms with E-state index in [1.165, 1.54) is 0 Å². The van der Waals surface area contributed by atoms with Gasteiger partial charge in [-0.3, -0.25) is 4.79 Å². The van der Waals surface area contributed by atoms with Crippen molar-refractivity contribution in [1.29, 1.82) is 0 Å². The zero-order valence-corrected chi connectivity index (χ0v) is 9.37. The summed E-state index contributed by atoms with van der Waals surface area (Å²) in [6, 6.07) is 5.44. The normalized spacial score (nSPS) is 11.5. The summed E-state index contributed by atoms with van der Waals surface area (Å²) in [4.78, 5) is 11.2. The Hall–Kier alpha value is -1.35. The Morgan fingerprint density at radius 2 is 2.07 bits per heavy atom. The predicted octanol–water partition coefficient (Wildman–Crippen LogP) is 1.41. The van der Waals surface area contributed by atoms with Crippen LogP contribution in [0.5, 0.6) is 0 Å². The van der Waals surface area contributed by atoms with Crippen LogP contribution in [-0.4, -0.2) is 16.6 Å². The first kappa shape index (κ1) is 11.7. The Balaban J connectivity index is 3.13. The maximum absolute atomic E-state index is 11.2. The van der Waals surface area contributed by atoms with E-state index in [0.717, 1.165) is 11.1 Å². The van der Waals surface area contributed by atoms with Crippen LogP contribution in [0.1, 0.15) is 35.3 Å². The number of aryl methyl sites for hydroxylation is 1. The zero-order chi connectivity index (χ0) is 11.6. The van der Waals surface area contributed by atoms with Gasteiger partial charge in [-0.15, -0.1) is 0 Å². The molecule has 1 aromatic rings. The maximum Gasteiger partial charge on any atom is 0.248 e. The van der Waals surface area contributed by atoms with Crippen molar-refractivity contribution in [1.82, 2.24) is 0 Å². The molecule has 0 radical (unpaired) electrons. The monoisotopic (exact) mass is 207 g/mol. The van der Waals surface area contributed by atoms with Crippen LogP contribution in [-0.2, 0) is 6.42 Å². The van der Waals surface area contributed by atoms with Crippen LogP contribution < -0.4 is 5.73 Å². The molecular weight excluding hydrogens is 190 g/mol. The molecule has 0 aromatic heterocycles. The smallest absolute Gasteiger partial charge is 0.248 e. The minimum absolute atomic E-state index is 0.424. The first-order chi connectivity index (χ1) is 6.79.